The van der Waals surface area contributed by atoms with Gasteiger partial charge in [0, 0.05) is 22.3 Å². The maximum atomic E-state index is 5.36. The summed E-state index contributed by atoms with van der Waals surface area (Å²) >= 11 is 3.42. The Bertz CT molecular complexity index is 539. The zero-order chi connectivity index (χ0) is 13.8. The van der Waals surface area contributed by atoms with E-state index in [2.05, 4.69) is 36.6 Å². The molecule has 0 atom stereocenters. The van der Waals surface area contributed by atoms with Crippen molar-refractivity contribution in [3.63, 3.8) is 0 Å². The summed E-state index contributed by atoms with van der Waals surface area (Å²) < 4.78 is 6.12. The predicted octanol–water partition coefficient (Wildman–Crippen LogP) is 2.59. The third-order valence-corrected chi connectivity index (χ3v) is 2.82. The molecule has 1 heterocycles. The van der Waals surface area contributed by atoms with Gasteiger partial charge in [-0.3, -0.25) is 0 Å². The summed E-state index contributed by atoms with van der Waals surface area (Å²) in [6, 6.07) is 7.40. The molecule has 0 spiro atoms. The summed E-state index contributed by atoms with van der Waals surface area (Å²) in [6.45, 7) is 1.80. The van der Waals surface area contributed by atoms with Gasteiger partial charge in [-0.1, -0.05) is 15.9 Å². The van der Waals surface area contributed by atoms with Crippen LogP contribution in [0.1, 0.15) is 5.82 Å². The number of anilines is 3. The number of benzene rings is 1. The number of nitrogen functional groups attached to an aromatic ring is 1. The highest BCUT2D eigenvalue weighted by Crippen LogP contribution is 2.26. The van der Waals surface area contributed by atoms with Crippen LogP contribution in [0, 0.1) is 6.92 Å². The van der Waals surface area contributed by atoms with Gasteiger partial charge in [0.2, 0.25) is 0 Å². The summed E-state index contributed by atoms with van der Waals surface area (Å²) in [5.41, 5.74) is 3.36. The van der Waals surface area contributed by atoms with E-state index in [1.54, 1.807) is 20.1 Å². The van der Waals surface area contributed by atoms with E-state index >= 15 is 0 Å². The fraction of sp³-hybridized carbons (Fsp3) is 0.167. The molecule has 0 saturated carbocycles. The van der Waals surface area contributed by atoms with Gasteiger partial charge in [0.25, 0.3) is 0 Å². The number of ether oxygens (including phenoxy) is 1. The standard InChI is InChI=1S/C12H14BrN5O/c1-7-15-11(6-12(16-7)18-14)17-9-3-8(13)4-10(5-9)19-2/h3-6H,14H2,1-2H3,(H2,15,16,17,18). The summed E-state index contributed by atoms with van der Waals surface area (Å²) in [5.74, 6) is 7.94. The lowest BCUT2D eigenvalue weighted by atomic mass is 10.3. The van der Waals surface area contributed by atoms with Gasteiger partial charge in [0.05, 0.1) is 7.11 Å². The maximum absolute atomic E-state index is 5.36. The number of halogens is 1. The van der Waals surface area contributed by atoms with Crippen LogP contribution in [-0.4, -0.2) is 17.1 Å². The quantitative estimate of drug-likeness (QED) is 0.592. The average molecular weight is 324 g/mol. The van der Waals surface area contributed by atoms with Crippen LogP contribution in [-0.2, 0) is 0 Å². The number of nitrogens with two attached hydrogens (primary N) is 1. The Kier molecular flexibility index (Phi) is 4.18. The summed E-state index contributed by atoms with van der Waals surface area (Å²) in [4.78, 5) is 8.41. The van der Waals surface area contributed by atoms with Gasteiger partial charge in [-0.25, -0.2) is 15.8 Å². The number of aryl methyl sites for hydroxylation is 1. The van der Waals surface area contributed by atoms with Crippen LogP contribution in [0.4, 0.5) is 17.3 Å². The van der Waals surface area contributed by atoms with Crippen LogP contribution in [0.2, 0.25) is 0 Å². The highest BCUT2D eigenvalue weighted by atomic mass is 79.9. The second-order valence-corrected chi connectivity index (χ2v) is 4.75. The van der Waals surface area contributed by atoms with E-state index in [1.165, 1.54) is 0 Å². The summed E-state index contributed by atoms with van der Waals surface area (Å²) in [7, 11) is 1.62. The lowest BCUT2D eigenvalue weighted by Gasteiger charge is -2.10. The highest BCUT2D eigenvalue weighted by Gasteiger charge is 2.04. The summed E-state index contributed by atoms with van der Waals surface area (Å²) in [6.07, 6.45) is 0. The second kappa shape index (κ2) is 5.85. The van der Waals surface area contributed by atoms with Gasteiger partial charge in [0.1, 0.15) is 23.2 Å². The molecule has 7 heteroatoms. The summed E-state index contributed by atoms with van der Waals surface area (Å²) in [5, 5.41) is 3.18. The molecule has 0 aliphatic carbocycles. The molecule has 0 radical (unpaired) electrons. The van der Waals surface area contributed by atoms with Crippen molar-refractivity contribution in [2.24, 2.45) is 5.84 Å². The van der Waals surface area contributed by atoms with Crippen LogP contribution in [0.5, 0.6) is 5.75 Å². The Hall–Kier alpha value is -1.86. The van der Waals surface area contributed by atoms with Crippen molar-refractivity contribution in [3.05, 3.63) is 34.6 Å². The van der Waals surface area contributed by atoms with Crippen molar-refractivity contribution in [2.45, 2.75) is 6.92 Å². The number of hydrazine groups is 1. The molecule has 2 aromatic rings. The molecule has 6 nitrogen and oxygen atoms in total. The molecule has 0 aliphatic heterocycles. The zero-order valence-electron chi connectivity index (χ0n) is 10.6. The number of aromatic nitrogens is 2. The first kappa shape index (κ1) is 13.6. The molecule has 0 unspecified atom stereocenters. The van der Waals surface area contributed by atoms with E-state index in [0.29, 0.717) is 17.5 Å². The Balaban J connectivity index is 2.30. The smallest absolute Gasteiger partial charge is 0.145 e. The molecular weight excluding hydrogens is 310 g/mol. The van der Waals surface area contributed by atoms with Gasteiger partial charge < -0.3 is 15.5 Å². The van der Waals surface area contributed by atoms with Crippen LogP contribution in [0.3, 0.4) is 0 Å². The van der Waals surface area contributed by atoms with Crippen LogP contribution in [0.25, 0.3) is 0 Å². The first-order valence-corrected chi connectivity index (χ1v) is 6.34. The fourth-order valence-electron chi connectivity index (χ4n) is 1.61. The Labute approximate surface area is 119 Å². The molecule has 0 bridgehead atoms. The average Bonchev–Trinajstić information content (AvgIpc) is 2.37. The lowest BCUT2D eigenvalue weighted by Crippen LogP contribution is -2.10. The highest BCUT2D eigenvalue weighted by molar-refractivity contribution is 9.10. The number of nitrogens with one attached hydrogen (secondary N) is 2. The van der Waals surface area contributed by atoms with Crippen molar-refractivity contribution in [2.75, 3.05) is 17.9 Å². The third kappa shape index (κ3) is 3.55. The molecule has 0 saturated heterocycles. The van der Waals surface area contributed by atoms with Gasteiger partial charge in [0.15, 0.2) is 0 Å². The van der Waals surface area contributed by atoms with Gasteiger partial charge in [-0.05, 0) is 19.1 Å². The largest absolute Gasteiger partial charge is 0.497 e. The van der Waals surface area contributed by atoms with Crippen molar-refractivity contribution in [1.29, 1.82) is 0 Å². The van der Waals surface area contributed by atoms with E-state index in [1.807, 2.05) is 18.2 Å². The minimum absolute atomic E-state index is 0.553. The molecule has 1 aromatic carbocycles. The fourth-order valence-corrected chi connectivity index (χ4v) is 2.08. The van der Waals surface area contributed by atoms with Crippen molar-refractivity contribution >= 4 is 33.3 Å². The number of rotatable bonds is 4. The first-order chi connectivity index (χ1) is 9.10. The molecule has 0 amide bonds. The SMILES string of the molecule is COc1cc(Br)cc(Nc2cc(NN)nc(C)n2)c1. The number of nitrogens with zero attached hydrogens (tertiary/aromatic N) is 2. The normalized spacial score (nSPS) is 10.1. The molecule has 1 aromatic heterocycles. The zero-order valence-corrected chi connectivity index (χ0v) is 12.2. The number of hydrogen-bond acceptors (Lipinski definition) is 6. The van der Waals surface area contributed by atoms with Gasteiger partial charge in [-0.15, -0.1) is 0 Å². The molecule has 0 fully saturated rings. The molecule has 19 heavy (non-hydrogen) atoms. The molecule has 2 rings (SSSR count). The first-order valence-electron chi connectivity index (χ1n) is 5.54. The van der Waals surface area contributed by atoms with Crippen molar-refractivity contribution in [1.82, 2.24) is 9.97 Å². The number of methoxy groups -OCH3 is 1. The Morgan fingerprint density at radius 2 is 1.89 bits per heavy atom. The van der Waals surface area contributed by atoms with E-state index in [0.717, 1.165) is 15.9 Å². The van der Waals surface area contributed by atoms with E-state index in [-0.39, 0.29) is 0 Å². The van der Waals surface area contributed by atoms with Crippen LogP contribution >= 0.6 is 15.9 Å². The second-order valence-electron chi connectivity index (χ2n) is 3.83. The maximum Gasteiger partial charge on any atom is 0.145 e. The van der Waals surface area contributed by atoms with Crippen molar-refractivity contribution < 1.29 is 4.74 Å². The van der Waals surface area contributed by atoms with Gasteiger partial charge in [-0.2, -0.15) is 0 Å². The monoisotopic (exact) mass is 323 g/mol. The van der Waals surface area contributed by atoms with Crippen molar-refractivity contribution in [3.8, 4) is 5.75 Å². The van der Waals surface area contributed by atoms with Gasteiger partial charge >= 0.3 is 0 Å². The Morgan fingerprint density at radius 3 is 2.58 bits per heavy atom. The van der Waals surface area contributed by atoms with Crippen LogP contribution in [0.15, 0.2) is 28.7 Å². The molecule has 0 aliphatic rings. The Morgan fingerprint density at radius 1 is 1.16 bits per heavy atom. The minimum atomic E-state index is 0.553. The van der Waals surface area contributed by atoms with E-state index in [4.69, 9.17) is 10.6 Å². The number of hydrogen-bond donors (Lipinski definition) is 3. The third-order valence-electron chi connectivity index (χ3n) is 2.37. The molecule has 100 valence electrons. The van der Waals surface area contributed by atoms with E-state index < -0.39 is 0 Å². The lowest BCUT2D eigenvalue weighted by molar-refractivity contribution is 0.415. The topological polar surface area (TPSA) is 85.1 Å². The van der Waals surface area contributed by atoms with E-state index in [9.17, 15) is 0 Å². The minimum Gasteiger partial charge on any atom is -0.497 e. The predicted molar refractivity (Wildman–Crippen MR) is 78.6 cm³/mol. The molecule has 4 N–H and O–H groups in total. The molecular formula is C12H14BrN5O. The van der Waals surface area contributed by atoms with Crippen LogP contribution < -0.4 is 21.3 Å².